The van der Waals surface area contributed by atoms with Crippen molar-refractivity contribution in [2.75, 3.05) is 27.4 Å². The van der Waals surface area contributed by atoms with Crippen molar-refractivity contribution in [3.63, 3.8) is 0 Å². The highest BCUT2D eigenvalue weighted by atomic mass is 16.5. The summed E-state index contributed by atoms with van der Waals surface area (Å²) in [4.78, 5) is 25.8. The molecule has 0 bridgehead atoms. The number of nitrogens with zero attached hydrogens (tertiary/aromatic N) is 1. The van der Waals surface area contributed by atoms with Crippen LogP contribution >= 0.6 is 0 Å². The quantitative estimate of drug-likeness (QED) is 0.0800. The van der Waals surface area contributed by atoms with Crippen LogP contribution in [0.5, 0.6) is 34.5 Å². The predicted molar refractivity (Wildman–Crippen MR) is 272 cm³/mol. The number of ether oxygens (including phenoxy) is 6. The van der Waals surface area contributed by atoms with Gasteiger partial charge < -0.3 is 38.6 Å². The number of pyridine rings is 1. The van der Waals surface area contributed by atoms with Crippen LogP contribution in [0.2, 0.25) is 0 Å². The normalized spacial score (nSPS) is 10.6. The number of carboxylic acid groups (broad SMARTS) is 2. The molecule has 7 aromatic carbocycles. The summed E-state index contributed by atoms with van der Waals surface area (Å²) in [5.74, 6) is 2.03. The Morgan fingerprint density at radius 3 is 1.20 bits per heavy atom. The predicted octanol–water partition coefficient (Wildman–Crippen LogP) is 12.7. The molecular weight excluding hydrogens is 883 g/mol. The van der Waals surface area contributed by atoms with E-state index in [0.717, 1.165) is 84.7 Å². The Balaban J connectivity index is 0.000000207. The van der Waals surface area contributed by atoms with Gasteiger partial charge >= 0.3 is 11.9 Å². The Bertz CT molecular complexity index is 2940. The Hall–Kier alpha value is -8.57. The second-order valence-electron chi connectivity index (χ2n) is 16.4. The number of methoxy groups -OCH3 is 2. The molecule has 70 heavy (non-hydrogen) atoms. The summed E-state index contributed by atoms with van der Waals surface area (Å²) in [6.45, 7) is 5.88. The van der Waals surface area contributed by atoms with Crippen molar-refractivity contribution in [1.29, 1.82) is 0 Å². The third-order valence-electron chi connectivity index (χ3n) is 11.3. The van der Waals surface area contributed by atoms with E-state index in [4.69, 9.17) is 38.6 Å². The molecule has 0 spiro atoms. The smallest absolute Gasteiger partial charge is 0.341 e. The van der Waals surface area contributed by atoms with Crippen LogP contribution in [0.3, 0.4) is 0 Å². The van der Waals surface area contributed by atoms with E-state index in [9.17, 15) is 9.59 Å². The van der Waals surface area contributed by atoms with E-state index < -0.39 is 11.9 Å². The van der Waals surface area contributed by atoms with Crippen LogP contribution in [0.25, 0.3) is 44.5 Å². The molecule has 8 rings (SSSR count). The zero-order chi connectivity index (χ0) is 49.4. The van der Waals surface area contributed by atoms with Crippen molar-refractivity contribution in [1.82, 2.24) is 4.98 Å². The summed E-state index contributed by atoms with van der Waals surface area (Å²) in [6, 6.07) is 52.2. The molecule has 0 aliphatic heterocycles. The lowest BCUT2D eigenvalue weighted by atomic mass is 9.95. The fourth-order valence-corrected chi connectivity index (χ4v) is 7.61. The van der Waals surface area contributed by atoms with Gasteiger partial charge in [0, 0.05) is 18.0 Å². The Morgan fingerprint density at radius 2 is 0.843 bits per heavy atom. The lowest BCUT2D eigenvalue weighted by molar-refractivity contribution is -0.140. The van der Waals surface area contributed by atoms with Gasteiger partial charge in [-0.05, 0) is 190 Å². The molecule has 0 saturated carbocycles. The van der Waals surface area contributed by atoms with E-state index in [1.807, 2.05) is 80.7 Å². The first-order valence-corrected chi connectivity index (χ1v) is 22.7. The number of rotatable bonds is 19. The van der Waals surface area contributed by atoms with Gasteiger partial charge in [-0.25, -0.2) is 9.59 Å². The van der Waals surface area contributed by atoms with Crippen molar-refractivity contribution < 1.29 is 48.2 Å². The number of aromatic nitrogens is 1. The monoisotopic (exact) mass is 937 g/mol. The second kappa shape index (κ2) is 23.9. The molecule has 11 nitrogen and oxygen atoms in total. The van der Waals surface area contributed by atoms with Gasteiger partial charge in [0.25, 0.3) is 0 Å². The van der Waals surface area contributed by atoms with E-state index in [1.54, 1.807) is 44.7 Å². The van der Waals surface area contributed by atoms with E-state index in [-0.39, 0.29) is 13.2 Å². The molecule has 1 aromatic heterocycles. The van der Waals surface area contributed by atoms with Crippen molar-refractivity contribution in [3.8, 4) is 79.0 Å². The van der Waals surface area contributed by atoms with Crippen LogP contribution in [0, 0.1) is 13.8 Å². The summed E-state index contributed by atoms with van der Waals surface area (Å²) in [5.41, 5.74) is 13.7. The number of hydrogen-bond acceptors (Lipinski definition) is 9. The minimum absolute atomic E-state index is 0.367. The number of benzene rings is 7. The maximum Gasteiger partial charge on any atom is 0.341 e. The number of aryl methyl sites for hydroxylation is 3. The van der Waals surface area contributed by atoms with Crippen molar-refractivity contribution >= 4 is 11.9 Å². The Labute approximate surface area is 408 Å². The van der Waals surface area contributed by atoms with Crippen LogP contribution in [0.1, 0.15) is 34.7 Å². The molecule has 0 saturated heterocycles. The van der Waals surface area contributed by atoms with E-state index >= 15 is 0 Å². The van der Waals surface area contributed by atoms with Gasteiger partial charge in [-0.3, -0.25) is 4.98 Å². The highest BCUT2D eigenvalue weighted by Crippen LogP contribution is 2.33. The standard InChI is InChI=1S/C31H30O5.C28H25NO5/c1-4-22-5-7-24(8-6-22)26-16-23(17-27(18-26)25-9-11-28(34-3)12-10-25)19-35-29-13-14-30(21(2)15-29)36-20-31(32)33;1-19-12-26(9-10-27(19)34-18-28(30)31)33-17-20-13-23(21-5-7-25(32-2)8-6-21)15-24(14-20)22-4-3-11-29-16-22/h5-18H,4,19-20H2,1-3H3,(H,32,33);3-16H,17-18H2,1-2H3,(H,30,31). The van der Waals surface area contributed by atoms with Crippen LogP contribution in [0.4, 0.5) is 0 Å². The maximum absolute atomic E-state index is 10.8. The van der Waals surface area contributed by atoms with Crippen LogP contribution in [0.15, 0.2) is 170 Å². The SMILES string of the molecule is CCc1ccc(-c2cc(COc3ccc(OCC(=O)O)c(C)c3)cc(-c3ccc(OC)cc3)c2)cc1.COc1ccc(-c2cc(COc3ccc(OCC(=O)O)c(C)c3)cc(-c3cccnc3)c2)cc1. The number of hydrogen-bond donors (Lipinski definition) is 2. The Morgan fingerprint density at radius 1 is 0.443 bits per heavy atom. The first-order chi connectivity index (χ1) is 34.0. The molecule has 0 fully saturated rings. The second-order valence-corrected chi connectivity index (χ2v) is 16.4. The summed E-state index contributed by atoms with van der Waals surface area (Å²) in [6.07, 6.45) is 4.61. The molecule has 11 heteroatoms. The molecule has 0 atom stereocenters. The van der Waals surface area contributed by atoms with E-state index in [1.165, 1.54) is 5.56 Å². The highest BCUT2D eigenvalue weighted by Gasteiger charge is 2.12. The van der Waals surface area contributed by atoms with Crippen LogP contribution in [-0.4, -0.2) is 54.6 Å². The third kappa shape index (κ3) is 13.8. The zero-order valence-corrected chi connectivity index (χ0v) is 39.8. The molecule has 356 valence electrons. The number of aliphatic carboxylic acids is 2. The Kier molecular flexibility index (Phi) is 16.9. The summed E-state index contributed by atoms with van der Waals surface area (Å²) < 4.78 is 33.4. The first kappa shape index (κ1) is 49.3. The maximum atomic E-state index is 10.8. The first-order valence-electron chi connectivity index (χ1n) is 22.7. The topological polar surface area (TPSA) is 143 Å². The number of carbonyl (C=O) groups is 2. The molecule has 2 N–H and O–H groups in total. The van der Waals surface area contributed by atoms with Gasteiger partial charge in [0.1, 0.15) is 47.7 Å². The van der Waals surface area contributed by atoms with Gasteiger partial charge in [0.05, 0.1) is 14.2 Å². The zero-order valence-electron chi connectivity index (χ0n) is 39.8. The third-order valence-corrected chi connectivity index (χ3v) is 11.3. The van der Waals surface area contributed by atoms with Gasteiger partial charge in [-0.2, -0.15) is 0 Å². The molecule has 0 amide bonds. The van der Waals surface area contributed by atoms with Crippen LogP contribution in [-0.2, 0) is 29.2 Å². The van der Waals surface area contributed by atoms with Gasteiger partial charge in [0.2, 0.25) is 0 Å². The summed E-state index contributed by atoms with van der Waals surface area (Å²) in [7, 11) is 3.32. The van der Waals surface area contributed by atoms with Gasteiger partial charge in [0.15, 0.2) is 13.2 Å². The fraction of sp³-hybridized carbons (Fsp3) is 0.169. The van der Waals surface area contributed by atoms with Gasteiger partial charge in [-0.15, -0.1) is 0 Å². The molecule has 1 heterocycles. The molecule has 0 aliphatic rings. The summed E-state index contributed by atoms with van der Waals surface area (Å²) in [5, 5.41) is 17.6. The van der Waals surface area contributed by atoms with Crippen molar-refractivity contribution in [2.45, 2.75) is 40.4 Å². The average Bonchev–Trinajstić information content (AvgIpc) is 3.39. The summed E-state index contributed by atoms with van der Waals surface area (Å²) >= 11 is 0. The fourth-order valence-electron chi connectivity index (χ4n) is 7.61. The minimum atomic E-state index is -1.01. The highest BCUT2D eigenvalue weighted by molar-refractivity contribution is 5.76. The molecule has 0 radical (unpaired) electrons. The largest absolute Gasteiger partial charge is 0.497 e. The van der Waals surface area contributed by atoms with Crippen LogP contribution < -0.4 is 28.4 Å². The van der Waals surface area contributed by atoms with Crippen molar-refractivity contribution in [2.24, 2.45) is 0 Å². The molecule has 0 aliphatic carbocycles. The lowest BCUT2D eigenvalue weighted by Crippen LogP contribution is -2.10. The minimum Gasteiger partial charge on any atom is -0.497 e. The van der Waals surface area contributed by atoms with Crippen molar-refractivity contribution in [3.05, 3.63) is 198 Å². The van der Waals surface area contributed by atoms with E-state index in [0.29, 0.717) is 36.2 Å². The number of carboxylic acids is 2. The molecule has 0 unspecified atom stereocenters. The lowest BCUT2D eigenvalue weighted by Gasteiger charge is -2.14. The van der Waals surface area contributed by atoms with E-state index in [2.05, 4.69) is 84.7 Å². The average molecular weight is 938 g/mol. The molecule has 8 aromatic rings. The van der Waals surface area contributed by atoms with Gasteiger partial charge in [-0.1, -0.05) is 61.5 Å². The molecular formula is C59H55NO10.